The lowest BCUT2D eigenvalue weighted by molar-refractivity contribution is 0.285. The standard InChI is InChI=1S/C11H14OS/c1-8-11(6-10(7-12)13-8)9-4-2-3-5-9/h4,6,12H,2-3,5,7H2,1H3. The van der Waals surface area contributed by atoms with E-state index in [0.29, 0.717) is 0 Å². The van der Waals surface area contributed by atoms with E-state index in [-0.39, 0.29) is 6.61 Å². The molecule has 0 amide bonds. The van der Waals surface area contributed by atoms with E-state index < -0.39 is 0 Å². The van der Waals surface area contributed by atoms with Crippen LogP contribution in [0.25, 0.3) is 5.57 Å². The number of aliphatic hydroxyl groups is 1. The van der Waals surface area contributed by atoms with Crippen LogP contribution in [0.4, 0.5) is 0 Å². The summed E-state index contributed by atoms with van der Waals surface area (Å²) in [4.78, 5) is 2.43. The number of allylic oxidation sites excluding steroid dienone is 2. The smallest absolute Gasteiger partial charge is 0.0774 e. The second-order valence-corrected chi connectivity index (χ2v) is 4.80. The zero-order valence-corrected chi connectivity index (χ0v) is 8.66. The van der Waals surface area contributed by atoms with Gasteiger partial charge in [-0.25, -0.2) is 0 Å². The second-order valence-electron chi connectivity index (χ2n) is 3.46. The SMILES string of the molecule is Cc1sc(CO)cc1C1=CCCC1. The number of rotatable bonds is 2. The number of hydrogen-bond donors (Lipinski definition) is 1. The molecular weight excluding hydrogens is 180 g/mol. The van der Waals surface area contributed by atoms with Crippen LogP contribution in [0.5, 0.6) is 0 Å². The van der Waals surface area contributed by atoms with Gasteiger partial charge in [0.2, 0.25) is 0 Å². The molecule has 2 rings (SSSR count). The van der Waals surface area contributed by atoms with Gasteiger partial charge in [-0.1, -0.05) is 6.08 Å². The van der Waals surface area contributed by atoms with Crippen LogP contribution in [-0.2, 0) is 6.61 Å². The van der Waals surface area contributed by atoms with Gasteiger partial charge in [-0.05, 0) is 43.4 Å². The third kappa shape index (κ3) is 1.69. The summed E-state index contributed by atoms with van der Waals surface area (Å²) in [5.74, 6) is 0. The summed E-state index contributed by atoms with van der Waals surface area (Å²) >= 11 is 1.71. The van der Waals surface area contributed by atoms with Gasteiger partial charge in [-0.15, -0.1) is 11.3 Å². The van der Waals surface area contributed by atoms with Crippen LogP contribution in [0.15, 0.2) is 12.1 Å². The van der Waals surface area contributed by atoms with Crippen molar-refractivity contribution in [1.29, 1.82) is 0 Å². The summed E-state index contributed by atoms with van der Waals surface area (Å²) in [6.45, 7) is 2.32. The fourth-order valence-corrected chi connectivity index (χ4v) is 2.79. The first-order valence-corrected chi connectivity index (χ1v) is 5.52. The Hall–Kier alpha value is -0.600. The van der Waals surface area contributed by atoms with E-state index in [9.17, 15) is 0 Å². The molecule has 13 heavy (non-hydrogen) atoms. The summed E-state index contributed by atoms with van der Waals surface area (Å²) in [5.41, 5.74) is 2.85. The molecular formula is C11H14OS. The Bertz CT molecular complexity index is 336. The largest absolute Gasteiger partial charge is 0.391 e. The maximum absolute atomic E-state index is 9.01. The van der Waals surface area contributed by atoms with Crippen molar-refractivity contribution in [3.8, 4) is 0 Å². The minimum atomic E-state index is 0.179. The average Bonchev–Trinajstić information content (AvgIpc) is 2.72. The van der Waals surface area contributed by atoms with Gasteiger partial charge >= 0.3 is 0 Å². The molecule has 1 heterocycles. The Balaban J connectivity index is 2.33. The maximum atomic E-state index is 9.01. The zero-order chi connectivity index (χ0) is 9.26. The van der Waals surface area contributed by atoms with Crippen molar-refractivity contribution in [2.45, 2.75) is 32.8 Å². The highest BCUT2D eigenvalue weighted by Crippen LogP contribution is 2.33. The molecule has 2 heteroatoms. The summed E-state index contributed by atoms with van der Waals surface area (Å²) in [5, 5.41) is 9.01. The van der Waals surface area contributed by atoms with E-state index in [2.05, 4.69) is 19.1 Å². The van der Waals surface area contributed by atoms with Crippen LogP contribution < -0.4 is 0 Å². The van der Waals surface area contributed by atoms with Gasteiger partial charge in [0.25, 0.3) is 0 Å². The lowest BCUT2D eigenvalue weighted by Gasteiger charge is -1.98. The fourth-order valence-electron chi connectivity index (χ4n) is 1.86. The van der Waals surface area contributed by atoms with Gasteiger partial charge < -0.3 is 5.11 Å². The number of hydrogen-bond acceptors (Lipinski definition) is 2. The van der Waals surface area contributed by atoms with Gasteiger partial charge in [0.15, 0.2) is 0 Å². The van der Waals surface area contributed by atoms with E-state index in [0.717, 1.165) is 4.88 Å². The van der Waals surface area contributed by atoms with Crippen molar-refractivity contribution in [2.75, 3.05) is 0 Å². The molecule has 0 saturated heterocycles. The molecule has 1 aromatic heterocycles. The fraction of sp³-hybridized carbons (Fsp3) is 0.455. The third-order valence-corrected chi connectivity index (χ3v) is 3.55. The molecule has 1 aromatic rings. The normalized spacial score (nSPS) is 16.3. The van der Waals surface area contributed by atoms with Crippen molar-refractivity contribution in [2.24, 2.45) is 0 Å². The molecule has 1 aliphatic rings. The lowest BCUT2D eigenvalue weighted by Crippen LogP contribution is -1.79. The van der Waals surface area contributed by atoms with Crippen LogP contribution in [0, 0.1) is 6.92 Å². The Labute approximate surface area is 82.7 Å². The van der Waals surface area contributed by atoms with Crippen molar-refractivity contribution < 1.29 is 5.11 Å². The predicted octanol–water partition coefficient (Wildman–Crippen LogP) is 3.12. The van der Waals surface area contributed by atoms with Crippen molar-refractivity contribution in [3.05, 3.63) is 27.5 Å². The van der Waals surface area contributed by atoms with E-state index in [1.807, 2.05) is 0 Å². The molecule has 0 aromatic carbocycles. The maximum Gasteiger partial charge on any atom is 0.0774 e. The predicted molar refractivity (Wildman–Crippen MR) is 56.8 cm³/mol. The molecule has 0 fully saturated rings. The molecule has 0 saturated carbocycles. The van der Waals surface area contributed by atoms with Crippen LogP contribution >= 0.6 is 11.3 Å². The molecule has 1 nitrogen and oxygen atoms in total. The van der Waals surface area contributed by atoms with Crippen LogP contribution in [0.1, 0.15) is 34.6 Å². The van der Waals surface area contributed by atoms with Gasteiger partial charge in [0.05, 0.1) is 6.61 Å². The van der Waals surface area contributed by atoms with Crippen LogP contribution in [-0.4, -0.2) is 5.11 Å². The van der Waals surface area contributed by atoms with Crippen molar-refractivity contribution in [1.82, 2.24) is 0 Å². The van der Waals surface area contributed by atoms with E-state index in [1.54, 1.807) is 11.3 Å². The molecule has 0 atom stereocenters. The zero-order valence-electron chi connectivity index (χ0n) is 7.84. The Kier molecular flexibility index (Phi) is 2.51. The molecule has 0 aliphatic heterocycles. The molecule has 1 aliphatic carbocycles. The van der Waals surface area contributed by atoms with Gasteiger partial charge in [-0.2, -0.15) is 0 Å². The monoisotopic (exact) mass is 194 g/mol. The first-order valence-electron chi connectivity index (χ1n) is 4.71. The summed E-state index contributed by atoms with van der Waals surface area (Å²) in [6, 6.07) is 2.14. The minimum Gasteiger partial charge on any atom is -0.391 e. The van der Waals surface area contributed by atoms with Gasteiger partial charge in [0, 0.05) is 9.75 Å². The summed E-state index contributed by atoms with van der Waals surface area (Å²) in [7, 11) is 0. The quantitative estimate of drug-likeness (QED) is 0.767. The van der Waals surface area contributed by atoms with E-state index in [1.165, 1.54) is 35.3 Å². The van der Waals surface area contributed by atoms with E-state index >= 15 is 0 Å². The Morgan fingerprint density at radius 1 is 1.54 bits per heavy atom. The summed E-state index contributed by atoms with van der Waals surface area (Å²) in [6.07, 6.45) is 6.05. The highest BCUT2D eigenvalue weighted by molar-refractivity contribution is 7.12. The van der Waals surface area contributed by atoms with E-state index in [4.69, 9.17) is 5.11 Å². The van der Waals surface area contributed by atoms with Crippen molar-refractivity contribution in [3.63, 3.8) is 0 Å². The summed E-state index contributed by atoms with van der Waals surface area (Å²) < 4.78 is 0. The first-order chi connectivity index (χ1) is 6.31. The second kappa shape index (κ2) is 3.64. The lowest BCUT2D eigenvalue weighted by atomic mass is 10.1. The Morgan fingerprint density at radius 3 is 2.92 bits per heavy atom. The third-order valence-electron chi connectivity index (χ3n) is 2.51. The number of aryl methyl sites for hydroxylation is 1. The molecule has 1 N–H and O–H groups in total. The minimum absolute atomic E-state index is 0.179. The Morgan fingerprint density at radius 2 is 2.38 bits per heavy atom. The number of thiophene rings is 1. The van der Waals surface area contributed by atoms with Crippen LogP contribution in [0.2, 0.25) is 0 Å². The molecule has 0 unspecified atom stereocenters. The highest BCUT2D eigenvalue weighted by Gasteiger charge is 2.12. The first kappa shape index (κ1) is 8.97. The van der Waals surface area contributed by atoms with Gasteiger partial charge in [0.1, 0.15) is 0 Å². The van der Waals surface area contributed by atoms with Gasteiger partial charge in [-0.3, -0.25) is 0 Å². The van der Waals surface area contributed by atoms with Crippen molar-refractivity contribution >= 4 is 16.9 Å². The molecule has 0 radical (unpaired) electrons. The molecule has 0 spiro atoms. The average molecular weight is 194 g/mol. The topological polar surface area (TPSA) is 20.2 Å². The van der Waals surface area contributed by atoms with Crippen LogP contribution in [0.3, 0.4) is 0 Å². The number of aliphatic hydroxyl groups excluding tert-OH is 1. The highest BCUT2D eigenvalue weighted by atomic mass is 32.1. The molecule has 70 valence electrons. The molecule has 0 bridgehead atoms.